The quantitative estimate of drug-likeness (QED) is 0.794. The number of morpholine rings is 1. The smallest absolute Gasteiger partial charge is 0.171 e. The summed E-state index contributed by atoms with van der Waals surface area (Å²) in [6.45, 7) is 4.04. The van der Waals surface area contributed by atoms with Gasteiger partial charge in [-0.3, -0.25) is 9.69 Å². The lowest BCUT2D eigenvalue weighted by Gasteiger charge is -2.30. The van der Waals surface area contributed by atoms with E-state index in [0.29, 0.717) is 0 Å². The van der Waals surface area contributed by atoms with Gasteiger partial charge in [0.15, 0.2) is 5.78 Å². The van der Waals surface area contributed by atoms with Crippen LogP contribution in [0.5, 0.6) is 0 Å². The average Bonchev–Trinajstić information content (AvgIpc) is 2.61. The zero-order valence-corrected chi connectivity index (χ0v) is 12.7. The van der Waals surface area contributed by atoms with Gasteiger partial charge in [-0.25, -0.2) is 0 Å². The summed E-state index contributed by atoms with van der Waals surface area (Å²) in [6, 6.07) is 19.7. The zero-order chi connectivity index (χ0) is 15.2. The lowest BCUT2D eigenvalue weighted by atomic mass is 9.90. The summed E-state index contributed by atoms with van der Waals surface area (Å²) in [6.07, 6.45) is 0. The van der Waals surface area contributed by atoms with Crippen molar-refractivity contribution in [1.82, 2.24) is 4.90 Å². The van der Waals surface area contributed by atoms with Gasteiger partial charge in [-0.1, -0.05) is 60.7 Å². The maximum atomic E-state index is 13.0. The first kappa shape index (κ1) is 14.9. The highest BCUT2D eigenvalue weighted by Crippen LogP contribution is 2.22. The summed E-state index contributed by atoms with van der Waals surface area (Å²) in [5.41, 5.74) is 1.87. The van der Waals surface area contributed by atoms with Crippen molar-refractivity contribution in [3.63, 3.8) is 0 Å². The van der Waals surface area contributed by atoms with Crippen molar-refractivity contribution in [1.29, 1.82) is 0 Å². The molecule has 0 amide bonds. The highest BCUT2D eigenvalue weighted by atomic mass is 16.5. The molecule has 0 aromatic heterocycles. The van der Waals surface area contributed by atoms with E-state index in [1.165, 1.54) is 0 Å². The van der Waals surface area contributed by atoms with Crippen LogP contribution in [0.15, 0.2) is 60.7 Å². The van der Waals surface area contributed by atoms with E-state index >= 15 is 0 Å². The van der Waals surface area contributed by atoms with Gasteiger partial charge in [-0.05, 0) is 5.56 Å². The van der Waals surface area contributed by atoms with Gasteiger partial charge in [0.2, 0.25) is 0 Å². The molecule has 0 N–H and O–H groups in total. The molecule has 2 aromatic rings. The van der Waals surface area contributed by atoms with E-state index in [4.69, 9.17) is 4.74 Å². The van der Waals surface area contributed by atoms with Gasteiger partial charge >= 0.3 is 0 Å². The van der Waals surface area contributed by atoms with Crippen LogP contribution in [0.4, 0.5) is 0 Å². The molecule has 0 bridgehead atoms. The number of nitrogens with zero attached hydrogens (tertiary/aromatic N) is 1. The second kappa shape index (κ2) is 7.34. The minimum Gasteiger partial charge on any atom is -0.379 e. The summed E-state index contributed by atoms with van der Waals surface area (Å²) in [5.74, 6) is 0.0694. The second-order valence-corrected chi connectivity index (χ2v) is 5.61. The van der Waals surface area contributed by atoms with Crippen LogP contribution >= 0.6 is 0 Å². The summed E-state index contributed by atoms with van der Waals surface area (Å²) in [7, 11) is 0. The Kier molecular flexibility index (Phi) is 4.99. The third-order valence-corrected chi connectivity index (χ3v) is 4.12. The van der Waals surface area contributed by atoms with Crippen LogP contribution in [0, 0.1) is 0 Å². The van der Waals surface area contributed by atoms with Crippen molar-refractivity contribution in [2.75, 3.05) is 32.8 Å². The van der Waals surface area contributed by atoms with Gasteiger partial charge in [0.05, 0.1) is 19.1 Å². The summed E-state index contributed by atoms with van der Waals surface area (Å²) >= 11 is 0. The molecule has 1 saturated heterocycles. The van der Waals surface area contributed by atoms with E-state index in [1.54, 1.807) is 0 Å². The molecule has 2 aromatic carbocycles. The van der Waals surface area contributed by atoms with Crippen LogP contribution in [0.3, 0.4) is 0 Å². The van der Waals surface area contributed by atoms with Crippen LogP contribution in [0.25, 0.3) is 0 Å². The molecule has 3 rings (SSSR count). The molecule has 1 heterocycles. The van der Waals surface area contributed by atoms with E-state index in [2.05, 4.69) is 4.90 Å². The SMILES string of the molecule is O=C(c1ccccc1)C(CN1CCOCC1)c1ccccc1. The normalized spacial score (nSPS) is 17.1. The molecule has 3 nitrogen and oxygen atoms in total. The molecule has 114 valence electrons. The van der Waals surface area contributed by atoms with Crippen molar-refractivity contribution in [2.45, 2.75) is 5.92 Å². The highest BCUT2D eigenvalue weighted by Gasteiger charge is 2.25. The van der Waals surface area contributed by atoms with E-state index < -0.39 is 0 Å². The minimum atomic E-state index is -0.123. The number of benzene rings is 2. The van der Waals surface area contributed by atoms with Crippen molar-refractivity contribution in [3.05, 3.63) is 71.8 Å². The lowest BCUT2D eigenvalue weighted by Crippen LogP contribution is -2.40. The van der Waals surface area contributed by atoms with Crippen molar-refractivity contribution in [2.24, 2.45) is 0 Å². The molecule has 0 radical (unpaired) electrons. The van der Waals surface area contributed by atoms with E-state index in [-0.39, 0.29) is 11.7 Å². The van der Waals surface area contributed by atoms with Gasteiger partial charge in [0, 0.05) is 25.2 Å². The number of carbonyl (C=O) groups excluding carboxylic acids is 1. The van der Waals surface area contributed by atoms with Crippen LogP contribution in [0.1, 0.15) is 21.8 Å². The largest absolute Gasteiger partial charge is 0.379 e. The molecular weight excluding hydrogens is 274 g/mol. The molecule has 1 unspecified atom stereocenters. The molecule has 3 heteroatoms. The Morgan fingerprint density at radius 2 is 1.55 bits per heavy atom. The van der Waals surface area contributed by atoms with E-state index in [1.807, 2.05) is 60.7 Å². The van der Waals surface area contributed by atoms with Gasteiger partial charge in [0.25, 0.3) is 0 Å². The Labute approximate surface area is 131 Å². The number of ketones is 1. The molecule has 0 aliphatic carbocycles. The highest BCUT2D eigenvalue weighted by molar-refractivity contribution is 6.01. The first-order valence-electron chi connectivity index (χ1n) is 7.79. The fraction of sp³-hybridized carbons (Fsp3) is 0.316. The Balaban J connectivity index is 1.84. The maximum Gasteiger partial charge on any atom is 0.171 e. The van der Waals surface area contributed by atoms with Crippen LogP contribution in [-0.4, -0.2) is 43.5 Å². The Bertz CT molecular complexity index is 591. The number of hydrogen-bond donors (Lipinski definition) is 0. The number of rotatable bonds is 5. The van der Waals surface area contributed by atoms with E-state index in [9.17, 15) is 4.79 Å². The van der Waals surface area contributed by atoms with Crippen molar-refractivity contribution >= 4 is 5.78 Å². The standard InChI is InChI=1S/C19H21NO2/c21-19(17-9-5-2-6-10-17)18(16-7-3-1-4-8-16)15-20-11-13-22-14-12-20/h1-10,18H,11-15H2. The minimum absolute atomic E-state index is 0.123. The third kappa shape index (κ3) is 3.62. The van der Waals surface area contributed by atoms with Crippen LogP contribution in [0.2, 0.25) is 0 Å². The number of carbonyl (C=O) groups is 1. The molecule has 0 spiro atoms. The average molecular weight is 295 g/mol. The summed E-state index contributed by atoms with van der Waals surface area (Å²) in [5, 5.41) is 0. The van der Waals surface area contributed by atoms with Gasteiger partial charge in [-0.15, -0.1) is 0 Å². The molecule has 1 aliphatic heterocycles. The van der Waals surface area contributed by atoms with Crippen molar-refractivity contribution < 1.29 is 9.53 Å². The predicted molar refractivity (Wildman–Crippen MR) is 87.2 cm³/mol. The molecule has 1 atom stereocenters. The monoisotopic (exact) mass is 295 g/mol. The number of hydrogen-bond acceptors (Lipinski definition) is 3. The lowest BCUT2D eigenvalue weighted by molar-refractivity contribution is 0.0345. The Morgan fingerprint density at radius 1 is 0.955 bits per heavy atom. The van der Waals surface area contributed by atoms with E-state index in [0.717, 1.165) is 44.0 Å². The molecular formula is C19H21NO2. The second-order valence-electron chi connectivity index (χ2n) is 5.61. The first-order valence-corrected chi connectivity index (χ1v) is 7.79. The van der Waals surface area contributed by atoms with Crippen molar-refractivity contribution in [3.8, 4) is 0 Å². The number of ether oxygens (including phenoxy) is 1. The Hall–Kier alpha value is -1.97. The topological polar surface area (TPSA) is 29.5 Å². The fourth-order valence-electron chi connectivity index (χ4n) is 2.87. The maximum absolute atomic E-state index is 13.0. The van der Waals surface area contributed by atoms with Gasteiger partial charge in [-0.2, -0.15) is 0 Å². The zero-order valence-electron chi connectivity index (χ0n) is 12.7. The third-order valence-electron chi connectivity index (χ3n) is 4.12. The summed E-state index contributed by atoms with van der Waals surface area (Å²) in [4.78, 5) is 15.3. The predicted octanol–water partition coefficient (Wildman–Crippen LogP) is 2.99. The first-order chi connectivity index (χ1) is 10.8. The van der Waals surface area contributed by atoms with Gasteiger partial charge < -0.3 is 4.74 Å². The van der Waals surface area contributed by atoms with Crippen LogP contribution < -0.4 is 0 Å². The molecule has 22 heavy (non-hydrogen) atoms. The molecule has 1 aliphatic rings. The summed E-state index contributed by atoms with van der Waals surface area (Å²) < 4.78 is 5.41. The Morgan fingerprint density at radius 3 is 2.18 bits per heavy atom. The molecule has 0 saturated carbocycles. The molecule has 1 fully saturated rings. The fourth-order valence-corrected chi connectivity index (χ4v) is 2.87. The van der Waals surface area contributed by atoms with Gasteiger partial charge in [0.1, 0.15) is 0 Å². The van der Waals surface area contributed by atoms with Crippen LogP contribution in [-0.2, 0) is 4.74 Å². The number of Topliss-reactive ketones (excluding diaryl/α,β-unsaturated/α-hetero) is 1.